The van der Waals surface area contributed by atoms with E-state index in [-0.39, 0.29) is 5.41 Å². The summed E-state index contributed by atoms with van der Waals surface area (Å²) in [5, 5.41) is 5.84. The third kappa shape index (κ3) is 4.18. The summed E-state index contributed by atoms with van der Waals surface area (Å²) >= 11 is 1.84. The van der Waals surface area contributed by atoms with Crippen LogP contribution in [0, 0.1) is 0 Å². The SMILES string of the molecule is CC(C)c1ccc(C(C)NCC(C)(C)c2cccs2)cc1. The Bertz CT molecular complexity index is 537. The minimum atomic E-state index is 0.181. The quantitative estimate of drug-likeness (QED) is 0.743. The highest BCUT2D eigenvalue weighted by Crippen LogP contribution is 2.27. The summed E-state index contributed by atoms with van der Waals surface area (Å²) in [6.45, 7) is 12.3. The molecule has 0 saturated heterocycles. The molecule has 1 atom stereocenters. The minimum absolute atomic E-state index is 0.181. The number of hydrogen-bond acceptors (Lipinski definition) is 2. The molecule has 0 amide bonds. The molecule has 0 aliphatic carbocycles. The summed E-state index contributed by atoms with van der Waals surface area (Å²) in [5.41, 5.74) is 2.95. The van der Waals surface area contributed by atoms with Crippen molar-refractivity contribution in [3.63, 3.8) is 0 Å². The summed E-state index contributed by atoms with van der Waals surface area (Å²) in [6.07, 6.45) is 0. The molecule has 21 heavy (non-hydrogen) atoms. The first-order valence-corrected chi connectivity index (χ1v) is 8.65. The summed E-state index contributed by atoms with van der Waals surface area (Å²) in [7, 11) is 0. The molecule has 2 heteroatoms. The number of nitrogens with one attached hydrogen (secondary N) is 1. The smallest absolute Gasteiger partial charge is 0.0292 e. The van der Waals surface area contributed by atoms with Crippen molar-refractivity contribution in [3.8, 4) is 0 Å². The van der Waals surface area contributed by atoms with E-state index in [1.807, 2.05) is 11.3 Å². The molecule has 0 bridgehead atoms. The molecule has 0 aliphatic rings. The number of benzene rings is 1. The van der Waals surface area contributed by atoms with E-state index in [2.05, 4.69) is 81.7 Å². The summed E-state index contributed by atoms with van der Waals surface area (Å²) < 4.78 is 0. The highest BCUT2D eigenvalue weighted by Gasteiger charge is 2.22. The molecule has 1 aromatic carbocycles. The van der Waals surface area contributed by atoms with Gasteiger partial charge in [-0.15, -0.1) is 11.3 Å². The van der Waals surface area contributed by atoms with Crippen molar-refractivity contribution < 1.29 is 0 Å². The van der Waals surface area contributed by atoms with Gasteiger partial charge in [-0.1, -0.05) is 58.0 Å². The topological polar surface area (TPSA) is 12.0 Å². The first kappa shape index (κ1) is 16.3. The van der Waals surface area contributed by atoms with Crippen LogP contribution in [0.2, 0.25) is 0 Å². The van der Waals surface area contributed by atoms with Crippen molar-refractivity contribution in [3.05, 3.63) is 57.8 Å². The first-order chi connectivity index (χ1) is 9.90. The Morgan fingerprint density at radius 2 is 1.62 bits per heavy atom. The monoisotopic (exact) mass is 301 g/mol. The Kier molecular flexibility index (Phi) is 5.23. The van der Waals surface area contributed by atoms with Crippen molar-refractivity contribution in [2.45, 2.75) is 52.0 Å². The molecule has 0 radical (unpaired) electrons. The van der Waals surface area contributed by atoms with E-state index in [0.717, 1.165) is 6.54 Å². The fraction of sp³-hybridized carbons (Fsp3) is 0.474. The average molecular weight is 301 g/mol. The van der Waals surface area contributed by atoms with E-state index in [9.17, 15) is 0 Å². The van der Waals surface area contributed by atoms with E-state index >= 15 is 0 Å². The van der Waals surface area contributed by atoms with Crippen LogP contribution in [0.15, 0.2) is 41.8 Å². The van der Waals surface area contributed by atoms with Crippen LogP contribution in [0.5, 0.6) is 0 Å². The van der Waals surface area contributed by atoms with Gasteiger partial charge in [0.2, 0.25) is 0 Å². The molecular formula is C19H27NS. The van der Waals surface area contributed by atoms with Gasteiger partial charge in [0, 0.05) is 22.9 Å². The predicted molar refractivity (Wildman–Crippen MR) is 94.3 cm³/mol. The van der Waals surface area contributed by atoms with Crippen molar-refractivity contribution >= 4 is 11.3 Å². The lowest BCUT2D eigenvalue weighted by Crippen LogP contribution is -2.33. The van der Waals surface area contributed by atoms with Gasteiger partial charge in [0.05, 0.1) is 0 Å². The van der Waals surface area contributed by atoms with Crippen molar-refractivity contribution in [2.24, 2.45) is 0 Å². The van der Waals surface area contributed by atoms with Gasteiger partial charge >= 0.3 is 0 Å². The predicted octanol–water partition coefficient (Wildman–Crippen LogP) is 5.50. The molecule has 1 nitrogen and oxygen atoms in total. The van der Waals surface area contributed by atoms with Crippen LogP contribution in [0.25, 0.3) is 0 Å². The van der Waals surface area contributed by atoms with E-state index in [0.29, 0.717) is 12.0 Å². The molecule has 0 fully saturated rings. The Balaban J connectivity index is 1.97. The third-order valence-corrected chi connectivity index (χ3v) is 5.38. The molecule has 1 N–H and O–H groups in total. The molecule has 2 aromatic rings. The van der Waals surface area contributed by atoms with Gasteiger partial charge in [-0.3, -0.25) is 0 Å². The molecule has 0 spiro atoms. The van der Waals surface area contributed by atoms with Crippen LogP contribution in [0.4, 0.5) is 0 Å². The van der Waals surface area contributed by atoms with E-state index in [1.54, 1.807) is 0 Å². The van der Waals surface area contributed by atoms with Crippen molar-refractivity contribution in [1.82, 2.24) is 5.32 Å². The maximum absolute atomic E-state index is 3.68. The van der Waals surface area contributed by atoms with Gasteiger partial charge in [-0.05, 0) is 35.4 Å². The fourth-order valence-electron chi connectivity index (χ4n) is 2.45. The summed E-state index contributed by atoms with van der Waals surface area (Å²) in [6, 6.07) is 13.8. The minimum Gasteiger partial charge on any atom is -0.309 e. The standard InChI is InChI=1S/C19H27NS/c1-14(2)16-8-10-17(11-9-16)15(3)20-13-19(4,5)18-7-6-12-21-18/h6-12,14-15,20H,13H2,1-5H3. The first-order valence-electron chi connectivity index (χ1n) is 7.77. The third-order valence-electron chi connectivity index (χ3n) is 4.14. The zero-order valence-corrected chi connectivity index (χ0v) is 14.6. The van der Waals surface area contributed by atoms with Crippen LogP contribution in [-0.2, 0) is 5.41 Å². The van der Waals surface area contributed by atoms with Crippen LogP contribution in [0.1, 0.15) is 62.6 Å². The molecule has 1 aromatic heterocycles. The van der Waals surface area contributed by atoms with Crippen LogP contribution >= 0.6 is 11.3 Å². The molecule has 0 aliphatic heterocycles. The normalized spacial score (nSPS) is 13.6. The molecule has 0 saturated carbocycles. The molecule has 114 valence electrons. The second-order valence-electron chi connectivity index (χ2n) is 6.79. The molecule has 2 rings (SSSR count). The maximum atomic E-state index is 3.68. The molecular weight excluding hydrogens is 274 g/mol. The molecule has 1 unspecified atom stereocenters. The Hall–Kier alpha value is -1.12. The van der Waals surface area contributed by atoms with Crippen LogP contribution in [0.3, 0.4) is 0 Å². The maximum Gasteiger partial charge on any atom is 0.0292 e. The van der Waals surface area contributed by atoms with Gasteiger partial charge in [-0.25, -0.2) is 0 Å². The lowest BCUT2D eigenvalue weighted by atomic mass is 9.90. The van der Waals surface area contributed by atoms with E-state index in [1.165, 1.54) is 16.0 Å². The van der Waals surface area contributed by atoms with E-state index in [4.69, 9.17) is 0 Å². The summed E-state index contributed by atoms with van der Waals surface area (Å²) in [4.78, 5) is 1.44. The van der Waals surface area contributed by atoms with Crippen LogP contribution < -0.4 is 5.32 Å². The second kappa shape index (κ2) is 6.76. The van der Waals surface area contributed by atoms with Gasteiger partial charge < -0.3 is 5.32 Å². The van der Waals surface area contributed by atoms with E-state index < -0.39 is 0 Å². The number of rotatable bonds is 6. The van der Waals surface area contributed by atoms with Crippen LogP contribution in [-0.4, -0.2) is 6.54 Å². The van der Waals surface area contributed by atoms with Gasteiger partial charge in [-0.2, -0.15) is 0 Å². The van der Waals surface area contributed by atoms with Gasteiger partial charge in [0.25, 0.3) is 0 Å². The summed E-state index contributed by atoms with van der Waals surface area (Å²) in [5.74, 6) is 0.597. The number of hydrogen-bond donors (Lipinski definition) is 1. The highest BCUT2D eigenvalue weighted by atomic mass is 32.1. The molecule has 1 heterocycles. The Morgan fingerprint density at radius 1 is 1.00 bits per heavy atom. The Labute approximate surface area is 133 Å². The number of thiophene rings is 1. The second-order valence-corrected chi connectivity index (χ2v) is 7.73. The van der Waals surface area contributed by atoms with Gasteiger partial charge in [0.15, 0.2) is 0 Å². The van der Waals surface area contributed by atoms with Gasteiger partial charge in [0.1, 0.15) is 0 Å². The lowest BCUT2D eigenvalue weighted by Gasteiger charge is -2.26. The zero-order chi connectivity index (χ0) is 15.5. The Morgan fingerprint density at radius 3 is 2.14 bits per heavy atom. The largest absolute Gasteiger partial charge is 0.309 e. The highest BCUT2D eigenvalue weighted by molar-refractivity contribution is 7.10. The zero-order valence-electron chi connectivity index (χ0n) is 13.8. The lowest BCUT2D eigenvalue weighted by molar-refractivity contribution is 0.441. The fourth-order valence-corrected chi connectivity index (χ4v) is 3.30. The average Bonchev–Trinajstić information content (AvgIpc) is 3.00. The van der Waals surface area contributed by atoms with Crippen molar-refractivity contribution in [2.75, 3.05) is 6.54 Å². The van der Waals surface area contributed by atoms with Crippen molar-refractivity contribution in [1.29, 1.82) is 0 Å².